The van der Waals surface area contributed by atoms with Gasteiger partial charge < -0.3 is 5.32 Å². The van der Waals surface area contributed by atoms with E-state index in [9.17, 15) is 4.79 Å². The first-order valence-electron chi connectivity index (χ1n) is 6.50. The van der Waals surface area contributed by atoms with E-state index in [1.54, 1.807) is 23.1 Å². The molecular weight excluding hydrogens is 340 g/mol. The molecule has 0 atom stereocenters. The molecule has 0 fully saturated rings. The van der Waals surface area contributed by atoms with Gasteiger partial charge in [-0.15, -0.1) is 11.3 Å². The van der Waals surface area contributed by atoms with Crippen LogP contribution in [-0.2, 0) is 11.8 Å². The molecule has 0 aliphatic heterocycles. The van der Waals surface area contributed by atoms with E-state index < -0.39 is 0 Å². The van der Waals surface area contributed by atoms with Crippen LogP contribution in [0, 0.1) is 6.92 Å². The summed E-state index contributed by atoms with van der Waals surface area (Å²) in [5.74, 6) is 0.919. The Morgan fingerprint density at radius 2 is 2.27 bits per heavy atom. The Hall–Kier alpha value is -1.57. The Labute approximate surface area is 140 Å². The summed E-state index contributed by atoms with van der Waals surface area (Å²) < 4.78 is 3.57. The van der Waals surface area contributed by atoms with Crippen LogP contribution in [0.4, 0.5) is 5.82 Å². The van der Waals surface area contributed by atoms with E-state index >= 15 is 0 Å². The predicted molar refractivity (Wildman–Crippen MR) is 91.9 cm³/mol. The molecule has 0 saturated heterocycles. The van der Waals surface area contributed by atoms with Crippen LogP contribution in [0.1, 0.15) is 5.69 Å². The fourth-order valence-electron chi connectivity index (χ4n) is 1.97. The number of hydrogen-bond donors (Lipinski definition) is 1. The zero-order valence-corrected chi connectivity index (χ0v) is 14.3. The summed E-state index contributed by atoms with van der Waals surface area (Å²) in [5, 5.41) is 7.70. The molecule has 5 nitrogen and oxygen atoms in total. The molecule has 1 amide bonds. The van der Waals surface area contributed by atoms with Gasteiger partial charge in [-0.3, -0.25) is 9.48 Å². The molecule has 1 aromatic carbocycles. The summed E-state index contributed by atoms with van der Waals surface area (Å²) >= 11 is 8.92. The van der Waals surface area contributed by atoms with Crippen molar-refractivity contribution in [3.63, 3.8) is 0 Å². The van der Waals surface area contributed by atoms with Crippen molar-refractivity contribution in [2.24, 2.45) is 7.05 Å². The summed E-state index contributed by atoms with van der Waals surface area (Å²) in [6.45, 7) is 1.89. The molecule has 2 heterocycles. The van der Waals surface area contributed by atoms with Crippen LogP contribution in [0.2, 0.25) is 5.02 Å². The van der Waals surface area contributed by atoms with Crippen molar-refractivity contribution in [3.8, 4) is 0 Å². The largest absolute Gasteiger partial charge is 0.310 e. The van der Waals surface area contributed by atoms with E-state index in [1.165, 1.54) is 11.8 Å². The Bertz CT molecular complexity index is 843. The Balaban J connectivity index is 1.63. The fraction of sp³-hybridized carbons (Fsp3) is 0.214. The van der Waals surface area contributed by atoms with Crippen molar-refractivity contribution in [1.29, 1.82) is 0 Å². The molecule has 114 valence electrons. The summed E-state index contributed by atoms with van der Waals surface area (Å²) in [7, 11) is 1.80. The number of carbonyl (C=O) groups is 1. The molecule has 0 aliphatic carbocycles. The molecular formula is C14H13ClN4OS2. The van der Waals surface area contributed by atoms with Crippen LogP contribution in [0.15, 0.2) is 28.6 Å². The first-order valence-corrected chi connectivity index (χ1v) is 8.68. The van der Waals surface area contributed by atoms with Crippen molar-refractivity contribution in [2.75, 3.05) is 11.1 Å². The number of benzene rings is 1. The number of nitrogens with zero attached hydrogens (tertiary/aromatic N) is 3. The van der Waals surface area contributed by atoms with Crippen LogP contribution >= 0.6 is 34.7 Å². The van der Waals surface area contributed by atoms with Gasteiger partial charge in [-0.05, 0) is 25.1 Å². The normalized spacial score (nSPS) is 11.0. The second-order valence-corrected chi connectivity index (χ2v) is 7.41. The van der Waals surface area contributed by atoms with Gasteiger partial charge in [-0.2, -0.15) is 5.10 Å². The topological polar surface area (TPSA) is 59.8 Å². The number of aromatic nitrogens is 3. The van der Waals surface area contributed by atoms with E-state index in [0.29, 0.717) is 16.6 Å². The van der Waals surface area contributed by atoms with E-state index in [4.69, 9.17) is 11.6 Å². The van der Waals surface area contributed by atoms with E-state index in [0.717, 1.165) is 20.3 Å². The second kappa shape index (κ2) is 6.28. The lowest BCUT2D eigenvalue weighted by Gasteiger charge is -2.03. The van der Waals surface area contributed by atoms with Gasteiger partial charge in [-0.25, -0.2) is 4.98 Å². The number of anilines is 1. The highest BCUT2D eigenvalue weighted by Gasteiger charge is 2.10. The fourth-order valence-corrected chi connectivity index (χ4v) is 3.99. The maximum atomic E-state index is 12.0. The minimum atomic E-state index is -0.0784. The number of rotatable bonds is 4. The van der Waals surface area contributed by atoms with Gasteiger partial charge in [0.15, 0.2) is 4.34 Å². The number of thioether (sulfide) groups is 1. The third-order valence-corrected chi connectivity index (χ3v) is 5.34. The van der Waals surface area contributed by atoms with Gasteiger partial charge in [0.2, 0.25) is 5.91 Å². The van der Waals surface area contributed by atoms with Crippen molar-refractivity contribution in [3.05, 3.63) is 35.0 Å². The lowest BCUT2D eigenvalue weighted by molar-refractivity contribution is -0.113. The Kier molecular flexibility index (Phi) is 4.37. The molecule has 22 heavy (non-hydrogen) atoms. The smallest absolute Gasteiger partial charge is 0.235 e. The molecule has 8 heteroatoms. The van der Waals surface area contributed by atoms with Crippen molar-refractivity contribution in [1.82, 2.24) is 14.8 Å². The number of hydrogen-bond acceptors (Lipinski definition) is 5. The molecule has 3 rings (SSSR count). The monoisotopic (exact) mass is 352 g/mol. The number of carbonyl (C=O) groups excluding carboxylic acids is 1. The van der Waals surface area contributed by atoms with Crippen LogP contribution in [-0.4, -0.2) is 26.4 Å². The highest BCUT2D eigenvalue weighted by atomic mass is 35.5. The molecule has 0 spiro atoms. The summed E-state index contributed by atoms with van der Waals surface area (Å²) in [6, 6.07) is 7.45. The Morgan fingerprint density at radius 3 is 3.00 bits per heavy atom. The molecule has 0 aliphatic rings. The van der Waals surface area contributed by atoms with Gasteiger partial charge in [0.25, 0.3) is 0 Å². The summed E-state index contributed by atoms with van der Waals surface area (Å²) in [5.41, 5.74) is 1.73. The quantitative estimate of drug-likeness (QED) is 0.727. The number of fused-ring (bicyclic) bond motifs is 1. The minimum absolute atomic E-state index is 0.0784. The van der Waals surface area contributed by atoms with Crippen molar-refractivity contribution in [2.45, 2.75) is 11.3 Å². The number of halogens is 1. The SMILES string of the molecule is Cc1cc(NC(=O)CSc2nc3cc(Cl)ccc3s2)n(C)n1. The van der Waals surface area contributed by atoms with Gasteiger partial charge in [0.05, 0.1) is 21.7 Å². The summed E-state index contributed by atoms with van der Waals surface area (Å²) in [4.78, 5) is 16.5. The molecule has 0 saturated carbocycles. The maximum Gasteiger partial charge on any atom is 0.235 e. The third kappa shape index (κ3) is 3.43. The highest BCUT2D eigenvalue weighted by Crippen LogP contribution is 2.30. The lowest BCUT2D eigenvalue weighted by atomic mass is 10.3. The van der Waals surface area contributed by atoms with Gasteiger partial charge in [0.1, 0.15) is 5.82 Å². The van der Waals surface area contributed by atoms with Crippen molar-refractivity contribution < 1.29 is 4.79 Å². The van der Waals surface area contributed by atoms with E-state index in [2.05, 4.69) is 15.4 Å². The molecule has 1 N–H and O–H groups in total. The van der Waals surface area contributed by atoms with Crippen LogP contribution in [0.5, 0.6) is 0 Å². The average molecular weight is 353 g/mol. The standard InChI is InChI=1S/C14H13ClN4OS2/c1-8-5-12(19(2)18-8)17-13(20)7-21-14-16-10-6-9(15)3-4-11(10)22-14/h3-6H,7H2,1-2H3,(H,17,20). The van der Waals surface area contributed by atoms with Crippen LogP contribution in [0.3, 0.4) is 0 Å². The molecule has 0 bridgehead atoms. The highest BCUT2D eigenvalue weighted by molar-refractivity contribution is 8.01. The van der Waals surface area contributed by atoms with E-state index in [-0.39, 0.29) is 5.91 Å². The van der Waals surface area contributed by atoms with E-state index in [1.807, 2.05) is 31.2 Å². The minimum Gasteiger partial charge on any atom is -0.310 e. The zero-order chi connectivity index (χ0) is 15.7. The second-order valence-electron chi connectivity index (χ2n) is 4.72. The van der Waals surface area contributed by atoms with Crippen LogP contribution in [0.25, 0.3) is 10.2 Å². The van der Waals surface area contributed by atoms with Gasteiger partial charge in [0, 0.05) is 18.1 Å². The maximum absolute atomic E-state index is 12.0. The predicted octanol–water partition coefficient (Wildman–Crippen LogP) is 3.72. The first-order chi connectivity index (χ1) is 10.5. The molecule has 0 unspecified atom stereocenters. The average Bonchev–Trinajstić information content (AvgIpc) is 2.99. The lowest BCUT2D eigenvalue weighted by Crippen LogP contribution is -2.16. The third-order valence-electron chi connectivity index (χ3n) is 2.93. The molecule has 2 aromatic heterocycles. The number of aryl methyl sites for hydroxylation is 2. The number of nitrogens with one attached hydrogen (secondary N) is 1. The first kappa shape index (κ1) is 15.3. The summed E-state index contributed by atoms with van der Waals surface area (Å²) in [6.07, 6.45) is 0. The number of amides is 1. The van der Waals surface area contributed by atoms with Crippen molar-refractivity contribution >= 4 is 56.6 Å². The Morgan fingerprint density at radius 1 is 1.45 bits per heavy atom. The van der Waals surface area contributed by atoms with Gasteiger partial charge in [-0.1, -0.05) is 23.4 Å². The number of thiazole rings is 1. The molecule has 3 aromatic rings. The molecule has 0 radical (unpaired) electrons. The van der Waals surface area contributed by atoms with Gasteiger partial charge >= 0.3 is 0 Å². The van der Waals surface area contributed by atoms with Crippen LogP contribution < -0.4 is 5.32 Å². The zero-order valence-electron chi connectivity index (χ0n) is 12.0.